The average Bonchev–Trinajstić information content (AvgIpc) is 2.16. The first-order chi connectivity index (χ1) is 6.33. The van der Waals surface area contributed by atoms with E-state index in [1.165, 1.54) is 0 Å². The predicted molar refractivity (Wildman–Crippen MR) is 54.6 cm³/mol. The minimum atomic E-state index is 0.268. The van der Waals surface area contributed by atoms with E-state index in [9.17, 15) is 4.79 Å². The summed E-state index contributed by atoms with van der Waals surface area (Å²) in [5.74, 6) is 0.268. The van der Waals surface area contributed by atoms with Crippen molar-refractivity contribution >= 4 is 5.78 Å². The Labute approximate surface area is 79.1 Å². The molecule has 0 spiro atoms. The number of ketones is 1. The summed E-state index contributed by atoms with van der Waals surface area (Å²) < 4.78 is 0. The van der Waals surface area contributed by atoms with Gasteiger partial charge in [0.25, 0.3) is 0 Å². The summed E-state index contributed by atoms with van der Waals surface area (Å²) >= 11 is 0. The lowest BCUT2D eigenvalue weighted by Crippen LogP contribution is -2.00. The highest BCUT2D eigenvalue weighted by molar-refractivity contribution is 5.82. The number of hydrogen-bond acceptors (Lipinski definition) is 1. The Balaban J connectivity index is 2.46. The highest BCUT2D eigenvalue weighted by Gasteiger charge is 1.99. The number of rotatable bonds is 4. The molecule has 0 atom stereocenters. The van der Waals surface area contributed by atoms with Crippen molar-refractivity contribution in [2.75, 3.05) is 0 Å². The van der Waals surface area contributed by atoms with Crippen molar-refractivity contribution < 1.29 is 4.79 Å². The van der Waals surface area contributed by atoms with Gasteiger partial charge >= 0.3 is 0 Å². The zero-order chi connectivity index (χ0) is 9.52. The SMILES string of the molecule is C/C=C/CC(=O)Cc1ccccc1. The number of benzene rings is 1. The van der Waals surface area contributed by atoms with Crippen molar-refractivity contribution in [3.05, 3.63) is 48.0 Å². The van der Waals surface area contributed by atoms with Crippen molar-refractivity contribution in [3.8, 4) is 0 Å². The molecule has 0 saturated carbocycles. The van der Waals surface area contributed by atoms with Crippen LogP contribution in [0.4, 0.5) is 0 Å². The number of Topliss-reactive ketones (excluding diaryl/α,β-unsaturated/α-hetero) is 1. The summed E-state index contributed by atoms with van der Waals surface area (Å²) in [5.41, 5.74) is 1.09. The monoisotopic (exact) mass is 174 g/mol. The van der Waals surface area contributed by atoms with Crippen LogP contribution in [-0.4, -0.2) is 5.78 Å². The molecular weight excluding hydrogens is 160 g/mol. The van der Waals surface area contributed by atoms with Crippen molar-refractivity contribution in [2.24, 2.45) is 0 Å². The van der Waals surface area contributed by atoms with Crippen LogP contribution in [0, 0.1) is 0 Å². The van der Waals surface area contributed by atoms with Crippen molar-refractivity contribution in [2.45, 2.75) is 19.8 Å². The van der Waals surface area contributed by atoms with Crippen LogP contribution in [0.3, 0.4) is 0 Å². The van der Waals surface area contributed by atoms with E-state index in [4.69, 9.17) is 0 Å². The number of carbonyl (C=O) groups is 1. The third-order valence-corrected chi connectivity index (χ3v) is 1.83. The van der Waals surface area contributed by atoms with Crippen LogP contribution in [0.1, 0.15) is 18.9 Å². The van der Waals surface area contributed by atoms with E-state index in [0.29, 0.717) is 12.8 Å². The van der Waals surface area contributed by atoms with Crippen LogP contribution in [0.2, 0.25) is 0 Å². The lowest BCUT2D eigenvalue weighted by molar-refractivity contribution is -0.117. The Bertz CT molecular complexity index is 285. The van der Waals surface area contributed by atoms with Crippen molar-refractivity contribution in [3.63, 3.8) is 0 Å². The second kappa shape index (κ2) is 5.31. The van der Waals surface area contributed by atoms with Gasteiger partial charge in [-0.25, -0.2) is 0 Å². The topological polar surface area (TPSA) is 17.1 Å². The van der Waals surface area contributed by atoms with Gasteiger partial charge in [-0.2, -0.15) is 0 Å². The van der Waals surface area contributed by atoms with Gasteiger partial charge in [0, 0.05) is 12.8 Å². The van der Waals surface area contributed by atoms with Crippen LogP contribution in [0.25, 0.3) is 0 Å². The zero-order valence-electron chi connectivity index (χ0n) is 7.86. The Morgan fingerprint density at radius 3 is 2.62 bits per heavy atom. The third kappa shape index (κ3) is 3.70. The highest BCUT2D eigenvalue weighted by Crippen LogP contribution is 2.01. The van der Waals surface area contributed by atoms with Crippen molar-refractivity contribution in [1.82, 2.24) is 0 Å². The molecule has 1 heteroatoms. The Kier molecular flexibility index (Phi) is 3.97. The molecule has 0 fully saturated rings. The minimum absolute atomic E-state index is 0.268. The molecule has 1 aromatic rings. The number of carbonyl (C=O) groups excluding carboxylic acids is 1. The summed E-state index contributed by atoms with van der Waals surface area (Å²) in [4.78, 5) is 11.3. The fourth-order valence-electron chi connectivity index (χ4n) is 1.14. The molecule has 0 amide bonds. The van der Waals surface area contributed by atoms with Crippen LogP contribution >= 0.6 is 0 Å². The summed E-state index contributed by atoms with van der Waals surface area (Å²) in [5, 5.41) is 0. The Morgan fingerprint density at radius 2 is 2.00 bits per heavy atom. The maximum absolute atomic E-state index is 11.3. The molecule has 68 valence electrons. The Morgan fingerprint density at radius 1 is 1.31 bits per heavy atom. The van der Waals surface area contributed by atoms with Gasteiger partial charge in [0.15, 0.2) is 0 Å². The van der Waals surface area contributed by atoms with E-state index in [-0.39, 0.29) is 5.78 Å². The van der Waals surface area contributed by atoms with Gasteiger partial charge in [0.05, 0.1) is 0 Å². The number of allylic oxidation sites excluding steroid dienone is 2. The second-order valence-electron chi connectivity index (χ2n) is 2.97. The van der Waals surface area contributed by atoms with E-state index in [1.807, 2.05) is 49.4 Å². The zero-order valence-corrected chi connectivity index (χ0v) is 7.86. The normalized spacial score (nSPS) is 10.5. The molecule has 0 unspecified atom stereocenters. The van der Waals surface area contributed by atoms with Gasteiger partial charge in [-0.15, -0.1) is 0 Å². The smallest absolute Gasteiger partial charge is 0.141 e. The molecule has 0 aliphatic carbocycles. The molecule has 0 aromatic heterocycles. The first-order valence-electron chi connectivity index (χ1n) is 4.49. The predicted octanol–water partition coefficient (Wildman–Crippen LogP) is 2.76. The van der Waals surface area contributed by atoms with Crippen LogP contribution in [-0.2, 0) is 11.2 Å². The first-order valence-corrected chi connectivity index (χ1v) is 4.49. The molecule has 1 nitrogen and oxygen atoms in total. The molecule has 1 aromatic carbocycles. The molecule has 0 heterocycles. The van der Waals surface area contributed by atoms with Crippen molar-refractivity contribution in [1.29, 1.82) is 0 Å². The quantitative estimate of drug-likeness (QED) is 0.641. The largest absolute Gasteiger partial charge is 0.299 e. The van der Waals surface area contributed by atoms with Gasteiger partial charge in [0.2, 0.25) is 0 Å². The minimum Gasteiger partial charge on any atom is -0.299 e. The Hall–Kier alpha value is -1.37. The molecule has 0 aliphatic rings. The third-order valence-electron chi connectivity index (χ3n) is 1.83. The molecule has 1 rings (SSSR count). The molecule has 0 aliphatic heterocycles. The highest BCUT2D eigenvalue weighted by atomic mass is 16.1. The fraction of sp³-hybridized carbons (Fsp3) is 0.250. The molecule has 0 N–H and O–H groups in total. The first kappa shape index (κ1) is 9.72. The van der Waals surface area contributed by atoms with Gasteiger partial charge in [-0.3, -0.25) is 4.79 Å². The summed E-state index contributed by atoms with van der Waals surface area (Å²) in [7, 11) is 0. The van der Waals surface area contributed by atoms with E-state index >= 15 is 0 Å². The number of hydrogen-bond donors (Lipinski definition) is 0. The van der Waals surface area contributed by atoms with E-state index in [1.54, 1.807) is 0 Å². The summed E-state index contributed by atoms with van der Waals surface area (Å²) in [6.45, 7) is 1.93. The van der Waals surface area contributed by atoms with Crippen LogP contribution in [0.5, 0.6) is 0 Å². The van der Waals surface area contributed by atoms with E-state index in [2.05, 4.69) is 0 Å². The summed E-state index contributed by atoms with van der Waals surface area (Å²) in [6, 6.07) is 9.83. The fourth-order valence-corrected chi connectivity index (χ4v) is 1.14. The average molecular weight is 174 g/mol. The maximum Gasteiger partial charge on any atom is 0.141 e. The molecular formula is C12H14O. The lowest BCUT2D eigenvalue weighted by Gasteiger charge is -1.97. The van der Waals surface area contributed by atoms with Gasteiger partial charge in [-0.1, -0.05) is 42.5 Å². The van der Waals surface area contributed by atoms with Crippen LogP contribution < -0.4 is 0 Å². The molecule has 0 radical (unpaired) electrons. The van der Waals surface area contributed by atoms with Gasteiger partial charge in [0.1, 0.15) is 5.78 Å². The maximum atomic E-state index is 11.3. The van der Waals surface area contributed by atoms with Crippen LogP contribution in [0.15, 0.2) is 42.5 Å². The van der Waals surface area contributed by atoms with Gasteiger partial charge < -0.3 is 0 Å². The van der Waals surface area contributed by atoms with E-state index < -0.39 is 0 Å². The summed E-state index contributed by atoms with van der Waals surface area (Å²) in [6.07, 6.45) is 4.89. The second-order valence-corrected chi connectivity index (χ2v) is 2.97. The lowest BCUT2D eigenvalue weighted by atomic mass is 10.1. The molecule has 0 saturated heterocycles. The standard InChI is InChI=1S/C12H14O/c1-2-3-9-12(13)10-11-7-5-4-6-8-11/h2-8H,9-10H2,1H3/b3-2+. The molecule has 0 bridgehead atoms. The van der Waals surface area contributed by atoms with Gasteiger partial charge in [-0.05, 0) is 12.5 Å². The molecule has 13 heavy (non-hydrogen) atoms. The van der Waals surface area contributed by atoms with E-state index in [0.717, 1.165) is 5.56 Å².